The van der Waals surface area contributed by atoms with Gasteiger partial charge < -0.3 is 14.2 Å². The molecule has 3 rings (SSSR count). The van der Waals surface area contributed by atoms with E-state index in [0.29, 0.717) is 31.9 Å². The minimum atomic E-state index is -1.15. The normalized spacial score (nSPS) is 16.8. The first kappa shape index (κ1) is 22.3. The average molecular weight is 476 g/mol. The first-order chi connectivity index (χ1) is 14.5. The molecular weight excluding hydrogens is 454 g/mol. The third-order valence-electron chi connectivity index (χ3n) is 5.23. The molecule has 8 nitrogen and oxygen atoms in total. The van der Waals surface area contributed by atoms with E-state index in [9.17, 15) is 15.4 Å². The molecule has 1 fully saturated rings. The van der Waals surface area contributed by atoms with Crippen LogP contribution in [0.15, 0.2) is 46.9 Å². The zero-order valence-electron chi connectivity index (χ0n) is 16.7. The number of benzene rings is 2. The van der Waals surface area contributed by atoms with Crippen LogP contribution in [-0.4, -0.2) is 50.3 Å². The van der Waals surface area contributed by atoms with Crippen LogP contribution < -0.4 is 0 Å². The molecule has 0 N–H and O–H groups in total. The second kappa shape index (κ2) is 9.64. The molecule has 0 bridgehead atoms. The summed E-state index contributed by atoms with van der Waals surface area (Å²) in [6.07, 6.45) is -0.934. The minimum Gasteiger partial charge on any atom is -0.379 e. The van der Waals surface area contributed by atoms with Gasteiger partial charge in [-0.1, -0.05) is 28.1 Å². The third-order valence-corrected chi connectivity index (χ3v) is 5.76. The van der Waals surface area contributed by atoms with Gasteiger partial charge in [0.25, 0.3) is 5.69 Å². The molecule has 1 heterocycles. The van der Waals surface area contributed by atoms with Crippen molar-refractivity contribution in [2.24, 2.45) is 0 Å². The molecule has 1 atom stereocenters. The highest BCUT2D eigenvalue weighted by Crippen LogP contribution is 2.40. The van der Waals surface area contributed by atoms with Crippen molar-refractivity contribution in [3.8, 4) is 6.07 Å². The molecule has 0 radical (unpaired) electrons. The predicted octanol–water partition coefficient (Wildman–Crippen LogP) is 3.75. The van der Waals surface area contributed by atoms with E-state index >= 15 is 0 Å². The standard InChI is InChI=1S/C21H22BrN3O5/c1-28-20(29-2)18-13-16(5-8-19(18)25(26)27)21(14-23,24-9-11-30-12-10-24)15-3-6-17(22)7-4-15/h3-8,13,20H,9-12H2,1-2H3. The number of nitro groups is 1. The number of nitrogens with zero attached hydrogens (tertiary/aromatic N) is 3. The summed E-state index contributed by atoms with van der Waals surface area (Å²) >= 11 is 3.44. The van der Waals surface area contributed by atoms with Crippen LogP contribution in [-0.2, 0) is 19.7 Å². The molecule has 158 valence electrons. The van der Waals surface area contributed by atoms with E-state index in [1.807, 2.05) is 29.2 Å². The molecule has 2 aromatic rings. The van der Waals surface area contributed by atoms with Gasteiger partial charge >= 0.3 is 0 Å². The lowest BCUT2D eigenvalue weighted by Gasteiger charge is -2.41. The molecule has 0 aromatic heterocycles. The summed E-state index contributed by atoms with van der Waals surface area (Å²) in [6, 6.07) is 14.7. The van der Waals surface area contributed by atoms with Gasteiger partial charge in [0.15, 0.2) is 11.8 Å². The van der Waals surface area contributed by atoms with E-state index in [4.69, 9.17) is 14.2 Å². The Hall–Kier alpha value is -2.35. The number of nitriles is 1. The second-order valence-corrected chi connectivity index (χ2v) is 7.68. The monoisotopic (exact) mass is 475 g/mol. The smallest absolute Gasteiger partial charge is 0.277 e. The summed E-state index contributed by atoms with van der Waals surface area (Å²) in [5.74, 6) is 0. The van der Waals surface area contributed by atoms with Crippen molar-refractivity contribution in [2.45, 2.75) is 11.8 Å². The number of nitro benzene ring substituents is 1. The second-order valence-electron chi connectivity index (χ2n) is 6.76. The van der Waals surface area contributed by atoms with E-state index in [1.165, 1.54) is 20.3 Å². The summed E-state index contributed by atoms with van der Waals surface area (Å²) in [7, 11) is 2.83. The van der Waals surface area contributed by atoms with E-state index in [2.05, 4.69) is 22.0 Å². The Morgan fingerprint density at radius 3 is 2.30 bits per heavy atom. The molecule has 0 aliphatic carbocycles. The van der Waals surface area contributed by atoms with Crippen LogP contribution in [0.2, 0.25) is 0 Å². The van der Waals surface area contributed by atoms with Crippen molar-refractivity contribution in [1.29, 1.82) is 5.26 Å². The number of hydrogen-bond acceptors (Lipinski definition) is 7. The Balaban J connectivity index is 2.25. The van der Waals surface area contributed by atoms with Crippen LogP contribution in [0, 0.1) is 21.4 Å². The SMILES string of the molecule is COC(OC)c1cc(C(C#N)(c2ccc(Br)cc2)N2CCOCC2)ccc1[N+](=O)[O-]. The molecule has 30 heavy (non-hydrogen) atoms. The van der Waals surface area contributed by atoms with Crippen LogP contribution >= 0.6 is 15.9 Å². The first-order valence-corrected chi connectivity index (χ1v) is 10.1. The van der Waals surface area contributed by atoms with Crippen LogP contribution in [0.25, 0.3) is 0 Å². The number of rotatable bonds is 7. The van der Waals surface area contributed by atoms with E-state index in [-0.39, 0.29) is 11.3 Å². The van der Waals surface area contributed by atoms with Gasteiger partial charge in [-0.3, -0.25) is 15.0 Å². The summed E-state index contributed by atoms with van der Waals surface area (Å²) in [5.41, 5.74) is 0.347. The zero-order chi connectivity index (χ0) is 21.7. The van der Waals surface area contributed by atoms with Gasteiger partial charge in [0.1, 0.15) is 0 Å². The van der Waals surface area contributed by atoms with Gasteiger partial charge in [0.2, 0.25) is 0 Å². The minimum absolute atomic E-state index is 0.128. The number of morpholine rings is 1. The van der Waals surface area contributed by atoms with Crippen molar-refractivity contribution in [3.63, 3.8) is 0 Å². The zero-order valence-corrected chi connectivity index (χ0v) is 18.3. The predicted molar refractivity (Wildman–Crippen MR) is 113 cm³/mol. The van der Waals surface area contributed by atoms with Gasteiger partial charge in [-0.2, -0.15) is 5.26 Å². The molecule has 0 saturated carbocycles. The number of halogens is 1. The number of ether oxygens (including phenoxy) is 3. The van der Waals surface area contributed by atoms with Crippen molar-refractivity contribution < 1.29 is 19.1 Å². The summed E-state index contributed by atoms with van der Waals surface area (Å²) < 4.78 is 17.0. The third kappa shape index (κ3) is 4.10. The van der Waals surface area contributed by atoms with Crippen molar-refractivity contribution >= 4 is 21.6 Å². The first-order valence-electron chi connectivity index (χ1n) is 9.32. The fraction of sp³-hybridized carbons (Fsp3) is 0.381. The highest BCUT2D eigenvalue weighted by Gasteiger charge is 2.42. The summed E-state index contributed by atoms with van der Waals surface area (Å²) in [5, 5.41) is 22.1. The fourth-order valence-electron chi connectivity index (χ4n) is 3.81. The molecule has 1 unspecified atom stereocenters. The van der Waals surface area contributed by atoms with Crippen molar-refractivity contribution in [2.75, 3.05) is 40.5 Å². The van der Waals surface area contributed by atoms with Crippen LogP contribution in [0.4, 0.5) is 5.69 Å². The Morgan fingerprint density at radius 1 is 1.17 bits per heavy atom. The largest absolute Gasteiger partial charge is 0.379 e. The Labute approximate surface area is 183 Å². The highest BCUT2D eigenvalue weighted by atomic mass is 79.9. The van der Waals surface area contributed by atoms with Crippen molar-refractivity contribution in [3.05, 3.63) is 73.7 Å². The van der Waals surface area contributed by atoms with Gasteiger partial charge in [-0.25, -0.2) is 0 Å². The number of methoxy groups -OCH3 is 2. The molecule has 1 saturated heterocycles. The lowest BCUT2D eigenvalue weighted by Crippen LogP contribution is -2.51. The molecule has 9 heteroatoms. The lowest BCUT2D eigenvalue weighted by atomic mass is 9.81. The van der Waals surface area contributed by atoms with Crippen LogP contribution in [0.3, 0.4) is 0 Å². The lowest BCUT2D eigenvalue weighted by molar-refractivity contribution is -0.387. The summed E-state index contributed by atoms with van der Waals surface area (Å²) in [6.45, 7) is 2.10. The van der Waals surface area contributed by atoms with E-state index < -0.39 is 16.8 Å². The number of hydrogen-bond donors (Lipinski definition) is 0. The van der Waals surface area contributed by atoms with Crippen LogP contribution in [0.1, 0.15) is 23.0 Å². The van der Waals surface area contributed by atoms with Gasteiger partial charge in [0, 0.05) is 37.8 Å². The van der Waals surface area contributed by atoms with E-state index in [1.54, 1.807) is 12.1 Å². The maximum atomic E-state index is 11.6. The van der Waals surface area contributed by atoms with Gasteiger partial charge in [0.05, 0.1) is 29.8 Å². The van der Waals surface area contributed by atoms with Gasteiger partial charge in [-0.05, 0) is 35.4 Å². The molecule has 0 amide bonds. The van der Waals surface area contributed by atoms with Crippen molar-refractivity contribution in [1.82, 2.24) is 4.90 Å². The molecule has 1 aliphatic heterocycles. The van der Waals surface area contributed by atoms with Gasteiger partial charge in [-0.15, -0.1) is 0 Å². The quantitative estimate of drug-likeness (QED) is 0.341. The Morgan fingerprint density at radius 2 is 1.77 bits per heavy atom. The molecular formula is C21H22BrN3O5. The van der Waals surface area contributed by atoms with Crippen LogP contribution in [0.5, 0.6) is 0 Å². The summed E-state index contributed by atoms with van der Waals surface area (Å²) in [4.78, 5) is 13.2. The topological polar surface area (TPSA) is 97.9 Å². The molecule has 0 spiro atoms. The van der Waals surface area contributed by atoms with E-state index in [0.717, 1.165) is 10.0 Å². The molecule has 2 aromatic carbocycles. The Kier molecular flexibility index (Phi) is 7.18. The highest BCUT2D eigenvalue weighted by molar-refractivity contribution is 9.10. The fourth-order valence-corrected chi connectivity index (χ4v) is 4.07. The average Bonchev–Trinajstić information content (AvgIpc) is 2.77. The molecule has 1 aliphatic rings. The maximum Gasteiger partial charge on any atom is 0.277 e. The Bertz CT molecular complexity index is 937. The maximum absolute atomic E-state index is 11.6.